The summed E-state index contributed by atoms with van der Waals surface area (Å²) in [5.74, 6) is 6.87. The molecule has 0 radical (unpaired) electrons. The van der Waals surface area contributed by atoms with Gasteiger partial charge in [0.15, 0.2) is 5.84 Å². The van der Waals surface area contributed by atoms with Crippen molar-refractivity contribution in [1.29, 1.82) is 0 Å². The Bertz CT molecular complexity index is 1470. The molecule has 0 saturated heterocycles. The third kappa shape index (κ3) is 5.08. The number of pyridine rings is 2. The fourth-order valence-electron chi connectivity index (χ4n) is 3.56. The lowest BCUT2D eigenvalue weighted by molar-refractivity contribution is 0.290. The maximum absolute atomic E-state index is 5.82. The molecule has 3 N–H and O–H groups in total. The van der Waals surface area contributed by atoms with Crippen LogP contribution in [0.1, 0.15) is 10.6 Å². The van der Waals surface area contributed by atoms with Gasteiger partial charge < -0.3 is 15.9 Å². The minimum absolute atomic E-state index is 0.296. The van der Waals surface area contributed by atoms with Gasteiger partial charge in [-0.3, -0.25) is 9.67 Å². The normalized spacial score (nSPS) is 13.8. The number of aromatic nitrogens is 5. The van der Waals surface area contributed by atoms with Crippen LogP contribution in [0.3, 0.4) is 0 Å². The van der Waals surface area contributed by atoms with Crippen LogP contribution in [0.4, 0.5) is 5.69 Å². The molecule has 0 amide bonds. The molecule has 0 fully saturated rings. The number of nitrogens with one attached hydrogen (secondary N) is 1. The fourth-order valence-corrected chi connectivity index (χ4v) is 4.28. The van der Waals surface area contributed by atoms with Crippen LogP contribution in [0.25, 0.3) is 11.0 Å². The second kappa shape index (κ2) is 10.4. The zero-order valence-corrected chi connectivity index (χ0v) is 20.4. The molecule has 0 aromatic carbocycles. The van der Waals surface area contributed by atoms with Crippen LogP contribution in [0.5, 0.6) is 5.75 Å². The average Bonchev–Trinajstić information content (AvgIpc) is 3.57. The Hall–Kier alpha value is -4.58. The molecule has 0 unspecified atom stereocenters. The molecule has 0 atom stereocenters. The van der Waals surface area contributed by atoms with E-state index < -0.39 is 0 Å². The van der Waals surface area contributed by atoms with Crippen molar-refractivity contribution in [2.24, 2.45) is 16.0 Å². The van der Waals surface area contributed by atoms with Gasteiger partial charge in [-0.25, -0.2) is 9.99 Å². The zero-order chi connectivity index (χ0) is 24.9. The Morgan fingerprint density at radius 1 is 1.25 bits per heavy atom. The molecule has 1 aliphatic rings. The number of rotatable bonds is 8. The summed E-state index contributed by atoms with van der Waals surface area (Å²) < 4.78 is 12.0. The van der Waals surface area contributed by atoms with E-state index in [0.717, 1.165) is 22.0 Å². The number of allylic oxidation sites excluding steroid dienone is 2. The standard InChI is InChI=1S/C24H24N10OS/c1-16-12-22(36-32-16)19-5-4-17(2)34(31-19)23(30-25)15-27-20-6-8-26-21-13-18(14-28-24(20)21)35-11-10-33-9-3-7-29-33/h3-9,12-14H,2,10-11,15,25H2,1H3,(H,26,27)/b30-23-. The summed E-state index contributed by atoms with van der Waals surface area (Å²) in [7, 11) is 0. The number of hydrazone groups is 2. The first-order valence-electron chi connectivity index (χ1n) is 11.2. The molecule has 12 heteroatoms. The number of nitrogens with two attached hydrogens (primary N) is 1. The number of amidine groups is 1. The van der Waals surface area contributed by atoms with Crippen molar-refractivity contribution in [3.05, 3.63) is 84.1 Å². The van der Waals surface area contributed by atoms with Crippen molar-refractivity contribution in [3.63, 3.8) is 0 Å². The molecule has 36 heavy (non-hydrogen) atoms. The first-order chi connectivity index (χ1) is 17.6. The third-order valence-corrected chi connectivity index (χ3v) is 6.23. The van der Waals surface area contributed by atoms with E-state index in [1.165, 1.54) is 11.5 Å². The van der Waals surface area contributed by atoms with E-state index in [1.54, 1.807) is 23.6 Å². The smallest absolute Gasteiger partial charge is 0.169 e. The number of hydrogen-bond acceptors (Lipinski definition) is 10. The Labute approximate surface area is 211 Å². The van der Waals surface area contributed by atoms with E-state index >= 15 is 0 Å². The van der Waals surface area contributed by atoms with Gasteiger partial charge in [0.05, 0.1) is 46.8 Å². The number of nitrogens with zero attached hydrogens (tertiary/aromatic N) is 8. The van der Waals surface area contributed by atoms with Crippen molar-refractivity contribution in [2.75, 3.05) is 18.5 Å². The van der Waals surface area contributed by atoms with E-state index in [0.29, 0.717) is 48.0 Å². The van der Waals surface area contributed by atoms with E-state index in [9.17, 15) is 0 Å². The molecule has 5 heterocycles. The zero-order valence-electron chi connectivity index (χ0n) is 19.6. The molecule has 4 aromatic heterocycles. The third-order valence-electron chi connectivity index (χ3n) is 5.32. The summed E-state index contributed by atoms with van der Waals surface area (Å²) in [6.07, 6.45) is 10.8. The predicted molar refractivity (Wildman–Crippen MR) is 141 cm³/mol. The fraction of sp³-hybridized carbons (Fsp3) is 0.167. The van der Waals surface area contributed by atoms with Crippen molar-refractivity contribution in [1.82, 2.24) is 29.1 Å². The van der Waals surface area contributed by atoms with Crippen molar-refractivity contribution >= 4 is 39.8 Å². The summed E-state index contributed by atoms with van der Waals surface area (Å²) >= 11 is 1.39. The molecular formula is C24H24N10OS. The lowest BCUT2D eigenvalue weighted by Crippen LogP contribution is -2.34. The first-order valence-corrected chi connectivity index (χ1v) is 11.9. The lowest BCUT2D eigenvalue weighted by Gasteiger charge is -2.24. The van der Waals surface area contributed by atoms with Crippen molar-refractivity contribution in [3.8, 4) is 5.75 Å². The van der Waals surface area contributed by atoms with Gasteiger partial charge in [0.1, 0.15) is 23.6 Å². The van der Waals surface area contributed by atoms with E-state index in [4.69, 9.17) is 10.6 Å². The second-order valence-corrected chi connectivity index (χ2v) is 8.67. The Morgan fingerprint density at radius 3 is 2.94 bits per heavy atom. The predicted octanol–water partition coefficient (Wildman–Crippen LogP) is 3.14. The highest BCUT2D eigenvalue weighted by atomic mass is 32.1. The first kappa shape index (κ1) is 23.2. The molecule has 0 spiro atoms. The van der Waals surface area contributed by atoms with E-state index in [-0.39, 0.29) is 0 Å². The van der Waals surface area contributed by atoms with Crippen LogP contribution in [0.15, 0.2) is 83.7 Å². The highest BCUT2D eigenvalue weighted by molar-refractivity contribution is 7.08. The van der Waals surface area contributed by atoms with Gasteiger partial charge in [-0.2, -0.15) is 19.7 Å². The van der Waals surface area contributed by atoms with Crippen LogP contribution in [0.2, 0.25) is 0 Å². The molecule has 4 aromatic rings. The molecular weight excluding hydrogens is 476 g/mol. The molecule has 0 aliphatic carbocycles. The summed E-state index contributed by atoms with van der Waals surface area (Å²) in [6, 6.07) is 7.57. The number of anilines is 1. The van der Waals surface area contributed by atoms with Gasteiger partial charge in [-0.15, -0.1) is 0 Å². The number of aryl methyl sites for hydroxylation is 1. The quantitative estimate of drug-likeness (QED) is 0.163. The van der Waals surface area contributed by atoms with Gasteiger partial charge in [0.2, 0.25) is 0 Å². The van der Waals surface area contributed by atoms with Gasteiger partial charge in [-0.05, 0) is 48.8 Å². The molecule has 0 bridgehead atoms. The Morgan fingerprint density at radius 2 is 2.17 bits per heavy atom. The van der Waals surface area contributed by atoms with Crippen molar-refractivity contribution in [2.45, 2.75) is 13.5 Å². The Balaban J connectivity index is 1.28. The SMILES string of the molecule is C=C1C=CC(c2cc(C)ns2)=NN1/C(CNc1ccnc2cc(OCCn3cccn3)cnc12)=N\N. The molecule has 182 valence electrons. The monoisotopic (exact) mass is 500 g/mol. The van der Waals surface area contributed by atoms with E-state index in [1.807, 2.05) is 54.2 Å². The minimum Gasteiger partial charge on any atom is -0.490 e. The molecule has 11 nitrogen and oxygen atoms in total. The van der Waals surface area contributed by atoms with Gasteiger partial charge >= 0.3 is 0 Å². The average molecular weight is 501 g/mol. The van der Waals surface area contributed by atoms with Gasteiger partial charge in [-0.1, -0.05) is 6.58 Å². The summed E-state index contributed by atoms with van der Waals surface area (Å²) in [4.78, 5) is 9.96. The molecule has 5 rings (SSSR count). The van der Waals surface area contributed by atoms with Crippen LogP contribution in [-0.4, -0.2) is 53.8 Å². The number of fused-ring (bicyclic) bond motifs is 1. The Kier molecular flexibility index (Phi) is 6.67. The second-order valence-electron chi connectivity index (χ2n) is 7.87. The van der Waals surface area contributed by atoms with Crippen LogP contribution in [-0.2, 0) is 6.54 Å². The molecule has 1 aliphatic heterocycles. The largest absolute Gasteiger partial charge is 0.490 e. The maximum atomic E-state index is 5.82. The van der Waals surface area contributed by atoms with Crippen LogP contribution in [0, 0.1) is 6.92 Å². The molecule has 0 saturated carbocycles. The summed E-state index contributed by atoms with van der Waals surface area (Å²) in [5.41, 5.74) is 4.56. The maximum Gasteiger partial charge on any atom is 0.169 e. The minimum atomic E-state index is 0.296. The summed E-state index contributed by atoms with van der Waals surface area (Å²) in [5, 5.41) is 17.8. The topological polar surface area (TPSA) is 132 Å². The highest BCUT2D eigenvalue weighted by Gasteiger charge is 2.19. The van der Waals surface area contributed by atoms with Crippen LogP contribution >= 0.6 is 11.5 Å². The number of ether oxygens (including phenoxy) is 1. The highest BCUT2D eigenvalue weighted by Crippen LogP contribution is 2.24. The van der Waals surface area contributed by atoms with Crippen molar-refractivity contribution < 1.29 is 4.74 Å². The number of hydrogen-bond donors (Lipinski definition) is 2. The van der Waals surface area contributed by atoms with Crippen LogP contribution < -0.4 is 15.9 Å². The lowest BCUT2D eigenvalue weighted by atomic mass is 10.2. The summed E-state index contributed by atoms with van der Waals surface area (Å²) in [6.45, 7) is 7.43. The van der Waals surface area contributed by atoms with E-state index in [2.05, 4.69) is 41.5 Å². The van der Waals surface area contributed by atoms with Gasteiger partial charge in [0, 0.05) is 24.7 Å². The van der Waals surface area contributed by atoms with Gasteiger partial charge in [0.25, 0.3) is 0 Å².